The number of unbranched alkanes of at least 4 members (excludes halogenated alkanes) is 3. The van der Waals surface area contributed by atoms with Gasteiger partial charge in [-0.2, -0.15) is 8.62 Å². The Morgan fingerprint density at radius 3 is 2.22 bits per heavy atom. The normalized spacial score (nSPS) is 21.6. The maximum Gasteiger partial charge on any atom is 0.490 e. The summed E-state index contributed by atoms with van der Waals surface area (Å²) in [5, 5.41) is 49.9. The zero-order chi connectivity index (χ0) is 37.7. The molecule has 1 fully saturated rings. The predicted molar refractivity (Wildman–Crippen MR) is 171 cm³/mol. The van der Waals surface area contributed by atoms with E-state index in [2.05, 4.69) is 38.7 Å². The molecule has 26 nitrogen and oxygen atoms in total. The molecule has 0 spiro atoms. The van der Waals surface area contributed by atoms with E-state index in [0.717, 1.165) is 12.4 Å². The first kappa shape index (κ1) is 40.0. The smallest absolute Gasteiger partial charge is 0.387 e. The molecule has 1 aliphatic heterocycles. The maximum atomic E-state index is 12.1. The number of imidazole rings is 1. The van der Waals surface area contributed by atoms with Gasteiger partial charge in [0.15, 0.2) is 23.2 Å². The third-order valence-electron chi connectivity index (χ3n) is 7.01. The standard InChI is InChI=1S/C22H32N9O17P3/c23-19-15-20(27-11-26-19)29(21-18(33)17(32)14(46-21)10-45-50(41,42)48-51(43,44)47-49(38,39)40)22(28-15)25-9-4-2-1-3-8-24-12-6-5-7-13(30(34)35)16(12)31(36)37/h5-7,11,14,17-18,21,24,32-33H,1-4,8-10H2,(H,25,28)(H,41,42)(H,43,44)(H2,23,26,27)(H2,38,39,40)/t14-,17-,18-,21-/m1/s1. The van der Waals surface area contributed by atoms with Crippen molar-refractivity contribution in [2.75, 3.05) is 36.1 Å². The van der Waals surface area contributed by atoms with Crippen LogP contribution in [0.4, 0.5) is 28.8 Å². The molecule has 0 saturated carbocycles. The second-order valence-corrected chi connectivity index (χ2v) is 15.0. The summed E-state index contributed by atoms with van der Waals surface area (Å²) in [6.45, 7) is -0.457. The number of rotatable bonds is 19. The molecule has 2 aromatic heterocycles. The van der Waals surface area contributed by atoms with E-state index < -0.39 is 75.8 Å². The van der Waals surface area contributed by atoms with Crippen LogP contribution in [0.25, 0.3) is 11.2 Å². The largest absolute Gasteiger partial charge is 0.490 e. The Bertz CT molecular complexity index is 1890. The molecule has 1 aromatic carbocycles. The van der Waals surface area contributed by atoms with Gasteiger partial charge in [-0.15, -0.1) is 0 Å². The first-order chi connectivity index (χ1) is 23.8. The minimum atomic E-state index is -5.81. The van der Waals surface area contributed by atoms with E-state index >= 15 is 0 Å². The monoisotopic (exact) mass is 787 g/mol. The number of nitro benzene ring substituents is 2. The summed E-state index contributed by atoms with van der Waals surface area (Å²) >= 11 is 0. The summed E-state index contributed by atoms with van der Waals surface area (Å²) in [6.07, 6.45) is -3.09. The average molecular weight is 787 g/mol. The summed E-state index contributed by atoms with van der Waals surface area (Å²) in [5.74, 6) is 0.0113. The van der Waals surface area contributed by atoms with Gasteiger partial charge in [-0.1, -0.05) is 18.9 Å². The average Bonchev–Trinajstić information content (AvgIpc) is 3.51. The fourth-order valence-corrected chi connectivity index (χ4v) is 7.91. The number of aliphatic hydroxyl groups is 2. The molecule has 2 unspecified atom stereocenters. The number of hydrogen-bond donors (Lipinski definition) is 9. The third kappa shape index (κ3) is 10.4. The number of aliphatic hydroxyl groups excluding tert-OH is 2. The summed E-state index contributed by atoms with van der Waals surface area (Å²) in [5.41, 5.74) is 4.85. The van der Waals surface area contributed by atoms with Crippen molar-refractivity contribution in [3.63, 3.8) is 0 Å². The molecule has 3 aromatic rings. The van der Waals surface area contributed by atoms with E-state index in [-0.39, 0.29) is 28.6 Å². The zero-order valence-electron chi connectivity index (χ0n) is 25.8. The van der Waals surface area contributed by atoms with E-state index in [4.69, 9.17) is 20.3 Å². The third-order valence-corrected chi connectivity index (χ3v) is 10.8. The van der Waals surface area contributed by atoms with Crippen molar-refractivity contribution in [3.05, 3.63) is 44.8 Å². The van der Waals surface area contributed by atoms with Crippen molar-refractivity contribution < 1.29 is 71.2 Å². The lowest BCUT2D eigenvalue weighted by Crippen LogP contribution is -2.33. The van der Waals surface area contributed by atoms with Gasteiger partial charge < -0.3 is 50.9 Å². The van der Waals surface area contributed by atoms with Gasteiger partial charge in [0.25, 0.3) is 0 Å². The molecule has 0 aliphatic carbocycles. The fourth-order valence-electron chi connectivity index (χ4n) is 4.88. The van der Waals surface area contributed by atoms with Gasteiger partial charge in [0.2, 0.25) is 5.95 Å². The van der Waals surface area contributed by atoms with Gasteiger partial charge in [-0.05, 0) is 18.9 Å². The second kappa shape index (κ2) is 16.3. The molecule has 0 radical (unpaired) electrons. The molecular weight excluding hydrogens is 755 g/mol. The van der Waals surface area contributed by atoms with Gasteiger partial charge in [-0.3, -0.25) is 29.3 Å². The lowest BCUT2D eigenvalue weighted by molar-refractivity contribution is -0.421. The number of nitrogen functional groups attached to an aromatic ring is 1. The number of fused-ring (bicyclic) bond motifs is 1. The van der Waals surface area contributed by atoms with Crippen LogP contribution >= 0.6 is 23.5 Å². The minimum absolute atomic E-state index is 0.0230. The quantitative estimate of drug-likeness (QED) is 0.0357. The maximum absolute atomic E-state index is 12.1. The number of aromatic nitrogens is 4. The van der Waals surface area contributed by atoms with Gasteiger partial charge in [-0.25, -0.2) is 28.6 Å². The molecular formula is C22H32N9O17P3. The number of nitrogens with one attached hydrogen (secondary N) is 2. The number of nitro groups is 2. The Morgan fingerprint density at radius 1 is 0.922 bits per heavy atom. The Balaban J connectivity index is 1.35. The molecule has 0 bridgehead atoms. The predicted octanol–water partition coefficient (Wildman–Crippen LogP) is 1.27. The Hall–Kier alpha value is -3.74. The first-order valence-corrected chi connectivity index (χ1v) is 19.0. The number of para-hydroxylation sites is 1. The van der Waals surface area contributed by atoms with Crippen LogP contribution < -0.4 is 16.4 Å². The highest BCUT2D eigenvalue weighted by Gasteiger charge is 2.47. The molecule has 1 saturated heterocycles. The van der Waals surface area contributed by atoms with E-state index in [1.165, 1.54) is 16.7 Å². The summed E-state index contributed by atoms with van der Waals surface area (Å²) in [4.78, 5) is 69.6. The lowest BCUT2D eigenvalue weighted by Gasteiger charge is -2.20. The molecule has 51 heavy (non-hydrogen) atoms. The Morgan fingerprint density at radius 2 is 1.59 bits per heavy atom. The number of nitrogens with two attached hydrogens (primary N) is 1. The number of phosphoric acid groups is 3. The van der Waals surface area contributed by atoms with Crippen molar-refractivity contribution in [2.24, 2.45) is 0 Å². The fraction of sp³-hybridized carbons (Fsp3) is 0.500. The van der Waals surface area contributed by atoms with E-state index in [1.54, 1.807) is 0 Å². The van der Waals surface area contributed by atoms with E-state index in [0.29, 0.717) is 38.8 Å². The number of benzene rings is 1. The highest BCUT2D eigenvalue weighted by atomic mass is 31.3. The van der Waals surface area contributed by atoms with Gasteiger partial charge in [0.1, 0.15) is 30.3 Å². The molecule has 3 heterocycles. The number of phosphoric ester groups is 1. The van der Waals surface area contributed by atoms with Crippen LogP contribution in [0.2, 0.25) is 0 Å². The molecule has 282 valence electrons. The van der Waals surface area contributed by atoms with Crippen LogP contribution in [0.5, 0.6) is 0 Å². The Labute approximate surface area is 285 Å². The van der Waals surface area contributed by atoms with Gasteiger partial charge >= 0.3 is 34.8 Å². The van der Waals surface area contributed by atoms with Crippen molar-refractivity contribution in [1.82, 2.24) is 19.5 Å². The zero-order valence-corrected chi connectivity index (χ0v) is 28.5. The second-order valence-electron chi connectivity index (χ2n) is 10.6. The molecule has 6 atom stereocenters. The molecule has 0 amide bonds. The molecule has 1 aliphatic rings. The van der Waals surface area contributed by atoms with Crippen LogP contribution in [0.3, 0.4) is 0 Å². The van der Waals surface area contributed by atoms with Crippen LogP contribution in [0, 0.1) is 20.2 Å². The number of nitrogens with zero attached hydrogens (tertiary/aromatic N) is 6. The van der Waals surface area contributed by atoms with Gasteiger partial charge in [0, 0.05) is 19.2 Å². The highest BCUT2D eigenvalue weighted by Crippen LogP contribution is 2.66. The van der Waals surface area contributed by atoms with Crippen molar-refractivity contribution in [2.45, 2.75) is 50.2 Å². The van der Waals surface area contributed by atoms with Crippen LogP contribution in [0.15, 0.2) is 24.5 Å². The molecule has 29 heteroatoms. The van der Waals surface area contributed by atoms with Crippen molar-refractivity contribution >= 4 is 63.5 Å². The number of ether oxygens (including phenoxy) is 1. The minimum Gasteiger partial charge on any atom is -0.387 e. The van der Waals surface area contributed by atoms with Crippen LogP contribution in [0.1, 0.15) is 31.9 Å². The van der Waals surface area contributed by atoms with Crippen LogP contribution in [-0.2, 0) is 31.6 Å². The lowest BCUT2D eigenvalue weighted by atomic mass is 10.1. The summed E-state index contributed by atoms with van der Waals surface area (Å²) in [6, 6.07) is 3.76. The molecule has 10 N–H and O–H groups in total. The Kier molecular flexibility index (Phi) is 12.8. The number of hydrogen-bond acceptors (Lipinski definition) is 19. The number of anilines is 3. The highest BCUT2D eigenvalue weighted by molar-refractivity contribution is 7.66. The topological polar surface area (TPSA) is 389 Å². The first-order valence-electron chi connectivity index (χ1n) is 14.5. The molecule has 4 rings (SSSR count). The summed E-state index contributed by atoms with van der Waals surface area (Å²) in [7, 11) is -17.0. The van der Waals surface area contributed by atoms with Crippen LogP contribution in [-0.4, -0.2) is 97.2 Å². The van der Waals surface area contributed by atoms with Crippen molar-refractivity contribution in [3.8, 4) is 0 Å². The van der Waals surface area contributed by atoms with Gasteiger partial charge in [0.05, 0.1) is 16.5 Å². The van der Waals surface area contributed by atoms with E-state index in [9.17, 15) is 53.9 Å². The van der Waals surface area contributed by atoms with Crippen molar-refractivity contribution in [1.29, 1.82) is 0 Å². The SMILES string of the molecule is Nc1ncnc2c1nc(NCCCCCCNc1cccc([N+](=O)[O-])c1[N+](=O)[O-])n2[C@@H]1O[C@H](COP(=O)(O)OP(=O)(O)OP(=O)(O)O)[C@@H](O)[C@H]1O. The van der Waals surface area contributed by atoms with E-state index in [1.807, 2.05) is 0 Å². The summed E-state index contributed by atoms with van der Waals surface area (Å²) < 4.78 is 53.3.